The van der Waals surface area contributed by atoms with Gasteiger partial charge in [0, 0.05) is 10.2 Å². The molecule has 1 N–H and O–H groups in total. The lowest BCUT2D eigenvalue weighted by atomic mass is 9.96. The Hall–Kier alpha value is -1.03. The molecule has 0 aliphatic rings. The zero-order chi connectivity index (χ0) is 12.9. The van der Waals surface area contributed by atoms with E-state index in [9.17, 15) is 4.79 Å². The molecule has 0 saturated carbocycles. The first kappa shape index (κ1) is 14.0. The van der Waals surface area contributed by atoms with Crippen LogP contribution in [0.1, 0.15) is 26.7 Å². The van der Waals surface area contributed by atoms with Crippen molar-refractivity contribution in [3.8, 4) is 0 Å². The minimum absolute atomic E-state index is 0.237. The van der Waals surface area contributed by atoms with E-state index in [0.29, 0.717) is 0 Å². The highest BCUT2D eigenvalue weighted by Gasteiger charge is 2.33. The van der Waals surface area contributed by atoms with Crippen molar-refractivity contribution < 1.29 is 9.53 Å². The summed E-state index contributed by atoms with van der Waals surface area (Å²) >= 11 is 3.41. The number of esters is 1. The van der Waals surface area contributed by atoms with E-state index in [1.165, 1.54) is 7.11 Å². The second-order valence-corrected chi connectivity index (χ2v) is 5.12. The largest absolute Gasteiger partial charge is 0.467 e. The molecule has 0 aromatic heterocycles. The van der Waals surface area contributed by atoms with Gasteiger partial charge < -0.3 is 10.1 Å². The first-order valence-electron chi connectivity index (χ1n) is 5.64. The van der Waals surface area contributed by atoms with Crippen LogP contribution in [0.15, 0.2) is 28.7 Å². The van der Waals surface area contributed by atoms with Gasteiger partial charge in [-0.25, -0.2) is 4.79 Å². The number of anilines is 1. The number of methoxy groups -OCH3 is 1. The van der Waals surface area contributed by atoms with E-state index in [2.05, 4.69) is 21.2 Å². The average molecular weight is 300 g/mol. The minimum Gasteiger partial charge on any atom is -0.467 e. The molecule has 1 atom stereocenters. The Kier molecular flexibility index (Phi) is 5.00. The van der Waals surface area contributed by atoms with Gasteiger partial charge in [0.15, 0.2) is 0 Å². The molecule has 0 bridgehead atoms. The molecule has 0 amide bonds. The number of hydrogen-bond donors (Lipinski definition) is 1. The topological polar surface area (TPSA) is 38.3 Å². The summed E-state index contributed by atoms with van der Waals surface area (Å²) in [5.74, 6) is -0.237. The Morgan fingerprint density at radius 1 is 1.53 bits per heavy atom. The van der Waals surface area contributed by atoms with Crippen molar-refractivity contribution in [3.05, 3.63) is 28.7 Å². The van der Waals surface area contributed by atoms with Crippen molar-refractivity contribution >= 4 is 27.6 Å². The number of rotatable bonds is 5. The summed E-state index contributed by atoms with van der Waals surface area (Å²) in [6.07, 6.45) is 1.64. The van der Waals surface area contributed by atoms with E-state index in [1.807, 2.05) is 38.1 Å². The zero-order valence-corrected chi connectivity index (χ0v) is 12.0. The van der Waals surface area contributed by atoms with Crippen LogP contribution >= 0.6 is 15.9 Å². The van der Waals surface area contributed by atoms with Gasteiger partial charge >= 0.3 is 5.97 Å². The number of benzene rings is 1. The summed E-state index contributed by atoms with van der Waals surface area (Å²) in [6, 6.07) is 7.75. The van der Waals surface area contributed by atoms with Crippen LogP contribution in [0.2, 0.25) is 0 Å². The molecule has 1 aromatic carbocycles. The highest BCUT2D eigenvalue weighted by Crippen LogP contribution is 2.23. The van der Waals surface area contributed by atoms with Crippen molar-refractivity contribution in [2.45, 2.75) is 32.2 Å². The third kappa shape index (κ3) is 3.73. The number of carbonyl (C=O) groups is 1. The van der Waals surface area contributed by atoms with Gasteiger partial charge in [-0.3, -0.25) is 0 Å². The maximum Gasteiger partial charge on any atom is 0.331 e. The fraction of sp³-hybridized carbons (Fsp3) is 0.462. The predicted octanol–water partition coefficient (Wildman–Crippen LogP) is 3.59. The Morgan fingerprint density at radius 2 is 2.24 bits per heavy atom. The molecule has 0 saturated heterocycles. The third-order valence-electron chi connectivity index (χ3n) is 2.63. The maximum absolute atomic E-state index is 11.8. The van der Waals surface area contributed by atoms with Crippen LogP contribution in [0.3, 0.4) is 0 Å². The Morgan fingerprint density at radius 3 is 2.76 bits per heavy atom. The molecule has 0 fully saturated rings. The molecule has 1 unspecified atom stereocenters. The summed E-state index contributed by atoms with van der Waals surface area (Å²) in [6.45, 7) is 3.91. The van der Waals surface area contributed by atoms with E-state index >= 15 is 0 Å². The zero-order valence-electron chi connectivity index (χ0n) is 10.4. The molecular formula is C13H18BrNO2. The molecular weight excluding hydrogens is 282 g/mol. The van der Waals surface area contributed by atoms with Crippen LogP contribution in [-0.4, -0.2) is 18.6 Å². The third-order valence-corrected chi connectivity index (χ3v) is 3.12. The second kappa shape index (κ2) is 6.05. The van der Waals surface area contributed by atoms with E-state index < -0.39 is 5.54 Å². The van der Waals surface area contributed by atoms with Gasteiger partial charge in [0.1, 0.15) is 5.54 Å². The van der Waals surface area contributed by atoms with E-state index in [4.69, 9.17) is 4.74 Å². The molecule has 0 aliphatic heterocycles. The average Bonchev–Trinajstić information content (AvgIpc) is 2.28. The smallest absolute Gasteiger partial charge is 0.331 e. The number of halogens is 1. The lowest BCUT2D eigenvalue weighted by Crippen LogP contribution is -2.44. The van der Waals surface area contributed by atoms with Crippen molar-refractivity contribution in [3.63, 3.8) is 0 Å². The van der Waals surface area contributed by atoms with Gasteiger partial charge in [-0.1, -0.05) is 35.3 Å². The van der Waals surface area contributed by atoms with Gasteiger partial charge in [-0.2, -0.15) is 0 Å². The molecule has 0 radical (unpaired) electrons. The van der Waals surface area contributed by atoms with Crippen molar-refractivity contribution in [1.29, 1.82) is 0 Å². The molecule has 1 aromatic rings. The predicted molar refractivity (Wildman–Crippen MR) is 73.1 cm³/mol. The standard InChI is InChI=1S/C13H18BrNO2/c1-4-8-13(2,12(16)17-3)15-11-7-5-6-10(14)9-11/h5-7,9,15H,4,8H2,1-3H3. The Balaban J connectivity index is 2.90. The van der Waals surface area contributed by atoms with Crippen LogP contribution in [-0.2, 0) is 9.53 Å². The lowest BCUT2D eigenvalue weighted by Gasteiger charge is -2.28. The minimum atomic E-state index is -0.676. The van der Waals surface area contributed by atoms with E-state index in [-0.39, 0.29) is 5.97 Å². The number of hydrogen-bond acceptors (Lipinski definition) is 3. The summed E-state index contributed by atoms with van der Waals surface area (Å²) < 4.78 is 5.84. The molecule has 4 heteroatoms. The van der Waals surface area contributed by atoms with Crippen molar-refractivity contribution in [2.75, 3.05) is 12.4 Å². The van der Waals surface area contributed by atoms with Crippen molar-refractivity contribution in [2.24, 2.45) is 0 Å². The summed E-state index contributed by atoms with van der Waals surface area (Å²) in [5, 5.41) is 3.24. The summed E-state index contributed by atoms with van der Waals surface area (Å²) in [7, 11) is 1.42. The molecule has 17 heavy (non-hydrogen) atoms. The van der Waals surface area contributed by atoms with Crippen LogP contribution in [0.25, 0.3) is 0 Å². The number of ether oxygens (including phenoxy) is 1. The molecule has 1 rings (SSSR count). The van der Waals surface area contributed by atoms with Gasteiger partial charge in [0.2, 0.25) is 0 Å². The quantitative estimate of drug-likeness (QED) is 0.845. The number of carbonyl (C=O) groups excluding carboxylic acids is 1. The van der Waals surface area contributed by atoms with Crippen LogP contribution in [0, 0.1) is 0 Å². The van der Waals surface area contributed by atoms with Crippen LogP contribution < -0.4 is 5.32 Å². The fourth-order valence-corrected chi connectivity index (χ4v) is 2.22. The SMILES string of the molecule is CCCC(C)(Nc1cccc(Br)c1)C(=O)OC. The van der Waals surface area contributed by atoms with Gasteiger partial charge in [0.05, 0.1) is 7.11 Å². The van der Waals surface area contributed by atoms with Gasteiger partial charge in [-0.15, -0.1) is 0 Å². The molecule has 3 nitrogen and oxygen atoms in total. The molecule has 0 spiro atoms. The normalized spacial score (nSPS) is 13.9. The highest BCUT2D eigenvalue weighted by molar-refractivity contribution is 9.10. The van der Waals surface area contributed by atoms with Crippen molar-refractivity contribution in [1.82, 2.24) is 0 Å². The fourth-order valence-electron chi connectivity index (χ4n) is 1.83. The molecule has 0 aliphatic carbocycles. The monoisotopic (exact) mass is 299 g/mol. The van der Waals surface area contributed by atoms with Crippen LogP contribution in [0.5, 0.6) is 0 Å². The lowest BCUT2D eigenvalue weighted by molar-refractivity contribution is -0.145. The van der Waals surface area contributed by atoms with Crippen LogP contribution in [0.4, 0.5) is 5.69 Å². The maximum atomic E-state index is 11.8. The Labute approximate surface area is 111 Å². The number of nitrogens with one attached hydrogen (secondary N) is 1. The van der Waals surface area contributed by atoms with E-state index in [1.54, 1.807) is 0 Å². The first-order chi connectivity index (χ1) is 8.01. The van der Waals surface area contributed by atoms with E-state index in [0.717, 1.165) is 23.0 Å². The highest BCUT2D eigenvalue weighted by atomic mass is 79.9. The second-order valence-electron chi connectivity index (χ2n) is 4.21. The summed E-state index contributed by atoms with van der Waals surface area (Å²) in [4.78, 5) is 11.8. The molecule has 94 valence electrons. The first-order valence-corrected chi connectivity index (χ1v) is 6.43. The van der Waals surface area contributed by atoms with Gasteiger partial charge in [-0.05, 0) is 31.5 Å². The van der Waals surface area contributed by atoms with Gasteiger partial charge in [0.25, 0.3) is 0 Å². The Bertz CT molecular complexity index is 395. The molecule has 0 heterocycles. The summed E-state index contributed by atoms with van der Waals surface area (Å²) in [5.41, 5.74) is 0.227.